The van der Waals surface area contributed by atoms with Gasteiger partial charge in [0.15, 0.2) is 6.17 Å². The van der Waals surface area contributed by atoms with E-state index >= 15 is 0 Å². The van der Waals surface area contributed by atoms with Gasteiger partial charge in [0, 0.05) is 25.2 Å². The highest BCUT2D eigenvalue weighted by Gasteiger charge is 2.31. The zero-order valence-corrected chi connectivity index (χ0v) is 14.7. The molecule has 1 amide bonds. The van der Waals surface area contributed by atoms with Crippen LogP contribution in [-0.2, 0) is 4.79 Å². The molecule has 1 fully saturated rings. The first kappa shape index (κ1) is 17.0. The molecule has 1 aromatic rings. The maximum absolute atomic E-state index is 12.8. The molecule has 1 atom stereocenters. The molecule has 0 unspecified atom stereocenters. The van der Waals surface area contributed by atoms with Gasteiger partial charge in [0.2, 0.25) is 0 Å². The van der Waals surface area contributed by atoms with Crippen molar-refractivity contribution in [2.45, 2.75) is 45.7 Å². The molecule has 24 heavy (non-hydrogen) atoms. The summed E-state index contributed by atoms with van der Waals surface area (Å²) in [6, 6.07) is 8.08. The number of aliphatic imine (C=N–C) groups is 1. The minimum Gasteiger partial charge on any atom is -0.356 e. The van der Waals surface area contributed by atoms with Crippen LogP contribution in [0.25, 0.3) is 0 Å². The average molecular weight is 328 g/mol. The maximum atomic E-state index is 12.8. The maximum Gasteiger partial charge on any atom is 0.266 e. The van der Waals surface area contributed by atoms with Gasteiger partial charge in [0.05, 0.1) is 5.69 Å². The van der Waals surface area contributed by atoms with Gasteiger partial charge in [0.25, 0.3) is 5.91 Å². The Morgan fingerprint density at radius 1 is 1.17 bits per heavy atom. The number of benzodiazepines with no additional fused rings is 1. The monoisotopic (exact) mass is 328 g/mol. The molecule has 5 nitrogen and oxygen atoms in total. The number of carbonyl (C=O) groups is 1. The smallest absolute Gasteiger partial charge is 0.266 e. The predicted molar refractivity (Wildman–Crippen MR) is 98.2 cm³/mol. The number of anilines is 1. The number of likely N-dealkylation sites (tertiary alicyclic amines) is 1. The van der Waals surface area contributed by atoms with E-state index in [0.717, 1.165) is 30.2 Å². The van der Waals surface area contributed by atoms with Crippen LogP contribution >= 0.6 is 0 Å². The molecule has 0 aromatic heterocycles. The van der Waals surface area contributed by atoms with Crippen LogP contribution in [0.2, 0.25) is 0 Å². The Bertz CT molecular complexity index is 618. The van der Waals surface area contributed by atoms with Crippen LogP contribution in [0.3, 0.4) is 0 Å². The number of rotatable bonds is 2. The summed E-state index contributed by atoms with van der Waals surface area (Å²) in [6.07, 6.45) is 4.03. The second-order valence-corrected chi connectivity index (χ2v) is 7.16. The van der Waals surface area contributed by atoms with Gasteiger partial charge >= 0.3 is 0 Å². The van der Waals surface area contributed by atoms with Gasteiger partial charge in [-0.1, -0.05) is 38.8 Å². The third-order valence-electron chi connectivity index (χ3n) is 4.67. The summed E-state index contributed by atoms with van der Waals surface area (Å²) in [5.74, 6) is 1.15. The van der Waals surface area contributed by atoms with Crippen molar-refractivity contribution in [1.82, 2.24) is 4.90 Å². The third kappa shape index (κ3) is 3.46. The fourth-order valence-corrected chi connectivity index (χ4v) is 3.52. The summed E-state index contributed by atoms with van der Waals surface area (Å²) >= 11 is 0. The van der Waals surface area contributed by atoms with E-state index in [4.69, 9.17) is 5.73 Å². The lowest BCUT2D eigenvalue weighted by Crippen LogP contribution is -2.44. The van der Waals surface area contributed by atoms with Crippen molar-refractivity contribution in [3.63, 3.8) is 0 Å². The Hall–Kier alpha value is -1.88. The summed E-state index contributed by atoms with van der Waals surface area (Å²) in [4.78, 5) is 21.6. The molecule has 1 aromatic carbocycles. The number of amidine groups is 1. The van der Waals surface area contributed by atoms with Crippen LogP contribution in [0.5, 0.6) is 0 Å². The number of hydrogen-bond donors (Lipinski definition) is 1. The number of nitrogens with two attached hydrogens (primary N) is 1. The molecular weight excluding hydrogens is 300 g/mol. The molecule has 2 aliphatic rings. The minimum atomic E-state index is -0.825. The number of nitrogens with zero attached hydrogens (tertiary/aromatic N) is 3. The van der Waals surface area contributed by atoms with E-state index in [0.29, 0.717) is 12.5 Å². The largest absolute Gasteiger partial charge is 0.356 e. The lowest BCUT2D eigenvalue weighted by molar-refractivity contribution is -0.119. The number of fused-ring (bicyclic) bond motifs is 1. The van der Waals surface area contributed by atoms with Crippen LogP contribution < -0.4 is 10.6 Å². The first-order valence-electron chi connectivity index (χ1n) is 9.07. The second-order valence-electron chi connectivity index (χ2n) is 7.16. The Balaban J connectivity index is 2.04. The Morgan fingerprint density at radius 2 is 1.83 bits per heavy atom. The molecule has 2 N–H and O–H groups in total. The Kier molecular flexibility index (Phi) is 5.19. The van der Waals surface area contributed by atoms with Crippen LogP contribution in [-0.4, -0.2) is 42.4 Å². The topological polar surface area (TPSA) is 61.9 Å². The number of hydrogen-bond acceptors (Lipinski definition) is 4. The van der Waals surface area contributed by atoms with Gasteiger partial charge in [0.1, 0.15) is 5.84 Å². The van der Waals surface area contributed by atoms with Crippen LogP contribution in [0.4, 0.5) is 5.69 Å². The van der Waals surface area contributed by atoms with Gasteiger partial charge in [-0.3, -0.25) is 4.79 Å². The first-order chi connectivity index (χ1) is 11.6. The number of amides is 1. The highest BCUT2D eigenvalue weighted by molar-refractivity contribution is 6.11. The van der Waals surface area contributed by atoms with Crippen LogP contribution in [0.1, 0.15) is 45.1 Å². The van der Waals surface area contributed by atoms with Crippen molar-refractivity contribution < 1.29 is 4.79 Å². The molecular formula is C19H28N4O. The van der Waals surface area contributed by atoms with Gasteiger partial charge in [-0.25, -0.2) is 4.99 Å². The lowest BCUT2D eigenvalue weighted by Gasteiger charge is -2.27. The summed E-state index contributed by atoms with van der Waals surface area (Å²) in [7, 11) is 0. The molecule has 2 aliphatic heterocycles. The fourth-order valence-electron chi connectivity index (χ4n) is 3.52. The Labute approximate surface area is 144 Å². The van der Waals surface area contributed by atoms with E-state index in [2.05, 4.69) is 29.8 Å². The summed E-state index contributed by atoms with van der Waals surface area (Å²) < 4.78 is 0. The van der Waals surface area contributed by atoms with E-state index < -0.39 is 6.17 Å². The van der Waals surface area contributed by atoms with E-state index in [9.17, 15) is 4.79 Å². The molecule has 3 rings (SSSR count). The van der Waals surface area contributed by atoms with Crippen molar-refractivity contribution in [3.8, 4) is 0 Å². The molecule has 2 heterocycles. The molecule has 0 spiro atoms. The molecule has 0 aliphatic carbocycles. The minimum absolute atomic E-state index is 0.110. The lowest BCUT2D eigenvalue weighted by atomic mass is 10.1. The molecule has 0 saturated carbocycles. The molecule has 0 radical (unpaired) electrons. The van der Waals surface area contributed by atoms with Crippen molar-refractivity contribution in [2.24, 2.45) is 16.6 Å². The normalized spacial score (nSPS) is 22.1. The van der Waals surface area contributed by atoms with Gasteiger partial charge in [-0.05, 0) is 30.9 Å². The van der Waals surface area contributed by atoms with Crippen molar-refractivity contribution in [3.05, 3.63) is 29.8 Å². The summed E-state index contributed by atoms with van der Waals surface area (Å²) in [6.45, 7) is 6.86. The third-order valence-corrected chi connectivity index (χ3v) is 4.67. The molecule has 5 heteroatoms. The van der Waals surface area contributed by atoms with Crippen LogP contribution in [0.15, 0.2) is 29.3 Å². The molecule has 1 saturated heterocycles. The van der Waals surface area contributed by atoms with Gasteiger partial charge in [-0.15, -0.1) is 0 Å². The second kappa shape index (κ2) is 7.34. The summed E-state index contributed by atoms with van der Waals surface area (Å²) in [5, 5.41) is 0. The fraction of sp³-hybridized carbons (Fsp3) is 0.579. The SMILES string of the molecule is CC(C)CN1C(=O)[C@H](N)N=C(N2CCCCCC2)c2ccccc21. The van der Waals surface area contributed by atoms with E-state index in [1.165, 1.54) is 25.7 Å². The standard InChI is InChI=1S/C19H28N4O/c1-14(2)13-23-16-10-6-5-9-15(16)18(21-17(20)19(23)24)22-11-7-3-4-8-12-22/h5-6,9-10,14,17H,3-4,7-8,11-13,20H2,1-2H3/t17-/m1/s1. The van der Waals surface area contributed by atoms with Crippen molar-refractivity contribution in [2.75, 3.05) is 24.5 Å². The van der Waals surface area contributed by atoms with E-state index in [-0.39, 0.29) is 5.91 Å². The number of carbonyl (C=O) groups excluding carboxylic acids is 1. The van der Waals surface area contributed by atoms with Gasteiger partial charge in [-0.2, -0.15) is 0 Å². The zero-order chi connectivity index (χ0) is 17.1. The predicted octanol–water partition coefficient (Wildman–Crippen LogP) is 2.60. The van der Waals surface area contributed by atoms with E-state index in [1.54, 1.807) is 0 Å². The van der Waals surface area contributed by atoms with Crippen molar-refractivity contribution in [1.29, 1.82) is 0 Å². The van der Waals surface area contributed by atoms with E-state index in [1.807, 2.05) is 23.1 Å². The molecule has 0 bridgehead atoms. The first-order valence-corrected chi connectivity index (χ1v) is 9.07. The highest BCUT2D eigenvalue weighted by Crippen LogP contribution is 2.28. The summed E-state index contributed by atoms with van der Waals surface area (Å²) in [5.41, 5.74) is 8.12. The average Bonchev–Trinajstić information content (AvgIpc) is 2.89. The Morgan fingerprint density at radius 3 is 2.50 bits per heavy atom. The highest BCUT2D eigenvalue weighted by atomic mass is 16.2. The van der Waals surface area contributed by atoms with Gasteiger partial charge < -0.3 is 15.5 Å². The quantitative estimate of drug-likeness (QED) is 0.908. The zero-order valence-electron chi connectivity index (χ0n) is 14.7. The van der Waals surface area contributed by atoms with Crippen LogP contribution in [0, 0.1) is 5.92 Å². The number of para-hydroxylation sites is 1. The number of benzene rings is 1. The van der Waals surface area contributed by atoms with Crippen molar-refractivity contribution >= 4 is 17.4 Å². The molecule has 130 valence electrons.